The van der Waals surface area contributed by atoms with Gasteiger partial charge >= 0.3 is 0 Å². The lowest BCUT2D eigenvalue weighted by Gasteiger charge is -2.34. The summed E-state index contributed by atoms with van der Waals surface area (Å²) >= 11 is 0. The zero-order chi connectivity index (χ0) is 11.1. The Morgan fingerprint density at radius 3 is 2.73 bits per heavy atom. The first-order valence-corrected chi connectivity index (χ1v) is 5.77. The summed E-state index contributed by atoms with van der Waals surface area (Å²) in [6.45, 7) is 7.56. The minimum Gasteiger partial charge on any atom is -0.382 e. The third-order valence-electron chi connectivity index (χ3n) is 2.75. The van der Waals surface area contributed by atoms with Gasteiger partial charge in [0.25, 0.3) is 0 Å². The normalized spacial score (nSPS) is 28.2. The fourth-order valence-corrected chi connectivity index (χ4v) is 2.13. The highest BCUT2D eigenvalue weighted by Gasteiger charge is 2.21. The lowest BCUT2D eigenvalue weighted by molar-refractivity contribution is 0.0482. The van der Waals surface area contributed by atoms with E-state index in [2.05, 4.69) is 11.8 Å². The summed E-state index contributed by atoms with van der Waals surface area (Å²) in [6, 6.07) is 0.340. The van der Waals surface area contributed by atoms with Gasteiger partial charge in [0, 0.05) is 32.8 Å². The molecule has 0 saturated carbocycles. The summed E-state index contributed by atoms with van der Waals surface area (Å²) in [5.74, 6) is 0.715. The van der Waals surface area contributed by atoms with Crippen LogP contribution in [0, 0.1) is 5.92 Å². The maximum Gasteiger partial charge on any atom is 0.0700 e. The number of ether oxygens (including phenoxy) is 2. The molecule has 0 aromatic heterocycles. The Bertz CT molecular complexity index is 157. The minimum atomic E-state index is 0.340. The molecule has 1 aliphatic heterocycles. The van der Waals surface area contributed by atoms with Gasteiger partial charge in [-0.1, -0.05) is 6.92 Å². The third kappa shape index (κ3) is 5.47. The summed E-state index contributed by atoms with van der Waals surface area (Å²) < 4.78 is 10.3. The molecular weight excluding hydrogens is 192 g/mol. The van der Waals surface area contributed by atoms with E-state index in [4.69, 9.17) is 15.2 Å². The van der Waals surface area contributed by atoms with Crippen molar-refractivity contribution in [2.45, 2.75) is 19.4 Å². The van der Waals surface area contributed by atoms with E-state index in [1.165, 1.54) is 0 Å². The third-order valence-corrected chi connectivity index (χ3v) is 2.75. The molecule has 90 valence electrons. The van der Waals surface area contributed by atoms with Gasteiger partial charge < -0.3 is 15.2 Å². The highest BCUT2D eigenvalue weighted by Crippen LogP contribution is 2.14. The largest absolute Gasteiger partial charge is 0.382 e. The van der Waals surface area contributed by atoms with E-state index in [0.717, 1.165) is 32.7 Å². The molecule has 0 aromatic rings. The number of likely N-dealkylation sites (tertiary alicyclic amines) is 1. The van der Waals surface area contributed by atoms with Gasteiger partial charge in [-0.2, -0.15) is 0 Å². The number of nitrogens with two attached hydrogens (primary N) is 1. The Kier molecular flexibility index (Phi) is 6.17. The Hall–Kier alpha value is -0.160. The maximum atomic E-state index is 5.96. The van der Waals surface area contributed by atoms with Crippen LogP contribution in [0.5, 0.6) is 0 Å². The molecule has 2 N–H and O–H groups in total. The molecule has 0 aromatic carbocycles. The average molecular weight is 216 g/mol. The van der Waals surface area contributed by atoms with E-state index >= 15 is 0 Å². The number of methoxy groups -OCH3 is 1. The first-order chi connectivity index (χ1) is 7.22. The van der Waals surface area contributed by atoms with Gasteiger partial charge in [0.05, 0.1) is 19.8 Å². The molecule has 2 unspecified atom stereocenters. The molecule has 0 bridgehead atoms. The van der Waals surface area contributed by atoms with E-state index in [1.54, 1.807) is 7.11 Å². The molecular formula is C11H24N2O2. The molecule has 0 radical (unpaired) electrons. The zero-order valence-corrected chi connectivity index (χ0v) is 9.95. The fraction of sp³-hybridized carbons (Fsp3) is 1.00. The van der Waals surface area contributed by atoms with E-state index in [1.807, 2.05) is 0 Å². The number of piperidine rings is 1. The van der Waals surface area contributed by atoms with Crippen LogP contribution in [0.3, 0.4) is 0 Å². The molecule has 15 heavy (non-hydrogen) atoms. The first kappa shape index (κ1) is 12.9. The topological polar surface area (TPSA) is 47.7 Å². The summed E-state index contributed by atoms with van der Waals surface area (Å²) in [6.07, 6.45) is 1.15. The maximum absolute atomic E-state index is 5.96. The Balaban J connectivity index is 2.04. The molecule has 1 rings (SSSR count). The lowest BCUT2D eigenvalue weighted by atomic mass is 9.97. The van der Waals surface area contributed by atoms with E-state index in [9.17, 15) is 0 Å². The van der Waals surface area contributed by atoms with Crippen LogP contribution in [0.25, 0.3) is 0 Å². The Morgan fingerprint density at radius 2 is 2.07 bits per heavy atom. The smallest absolute Gasteiger partial charge is 0.0700 e. The number of hydrogen-bond donors (Lipinski definition) is 1. The molecule has 0 spiro atoms. The zero-order valence-electron chi connectivity index (χ0n) is 9.95. The van der Waals surface area contributed by atoms with Gasteiger partial charge in [-0.15, -0.1) is 0 Å². The van der Waals surface area contributed by atoms with Crippen molar-refractivity contribution in [3.8, 4) is 0 Å². The van der Waals surface area contributed by atoms with Crippen molar-refractivity contribution in [3.05, 3.63) is 0 Å². The molecule has 2 atom stereocenters. The highest BCUT2D eigenvalue weighted by atomic mass is 16.5. The minimum absolute atomic E-state index is 0.340. The second-order valence-electron chi connectivity index (χ2n) is 4.47. The van der Waals surface area contributed by atoms with Crippen molar-refractivity contribution in [3.63, 3.8) is 0 Å². The number of hydrogen-bond acceptors (Lipinski definition) is 4. The standard InChI is InChI=1S/C11H24N2O2/c1-10-7-11(12)9-13(8-10)3-4-15-6-5-14-2/h10-11H,3-9,12H2,1-2H3. The average Bonchev–Trinajstić information content (AvgIpc) is 2.16. The number of nitrogens with zero attached hydrogens (tertiary/aromatic N) is 1. The molecule has 1 heterocycles. The predicted octanol–water partition coefficient (Wildman–Crippen LogP) is 0.319. The van der Waals surface area contributed by atoms with Crippen LogP contribution in [0.15, 0.2) is 0 Å². The lowest BCUT2D eigenvalue weighted by Crippen LogP contribution is -2.47. The molecule has 0 aliphatic carbocycles. The first-order valence-electron chi connectivity index (χ1n) is 5.77. The second-order valence-corrected chi connectivity index (χ2v) is 4.47. The molecule has 1 saturated heterocycles. The van der Waals surface area contributed by atoms with Gasteiger partial charge in [0.1, 0.15) is 0 Å². The molecule has 1 aliphatic rings. The van der Waals surface area contributed by atoms with Crippen LogP contribution in [-0.4, -0.2) is 57.5 Å². The van der Waals surface area contributed by atoms with Crippen molar-refractivity contribution in [2.24, 2.45) is 11.7 Å². The van der Waals surface area contributed by atoms with Crippen LogP contribution in [0.2, 0.25) is 0 Å². The molecule has 4 heteroatoms. The Morgan fingerprint density at radius 1 is 1.27 bits per heavy atom. The predicted molar refractivity (Wildman–Crippen MR) is 60.9 cm³/mol. The van der Waals surface area contributed by atoms with E-state index < -0.39 is 0 Å². The van der Waals surface area contributed by atoms with Gasteiger partial charge in [-0.25, -0.2) is 0 Å². The van der Waals surface area contributed by atoms with Gasteiger partial charge in [0.2, 0.25) is 0 Å². The summed E-state index contributed by atoms with van der Waals surface area (Å²) in [5.41, 5.74) is 5.96. The van der Waals surface area contributed by atoms with Crippen LogP contribution >= 0.6 is 0 Å². The van der Waals surface area contributed by atoms with Crippen molar-refractivity contribution < 1.29 is 9.47 Å². The summed E-state index contributed by atoms with van der Waals surface area (Å²) in [4.78, 5) is 2.39. The van der Waals surface area contributed by atoms with Crippen LogP contribution in [0.4, 0.5) is 0 Å². The van der Waals surface area contributed by atoms with E-state index in [-0.39, 0.29) is 0 Å². The SMILES string of the molecule is COCCOCCN1CC(C)CC(N)C1. The van der Waals surface area contributed by atoms with Gasteiger partial charge in [-0.05, 0) is 12.3 Å². The number of rotatable bonds is 6. The van der Waals surface area contributed by atoms with Crippen molar-refractivity contribution in [1.82, 2.24) is 4.90 Å². The van der Waals surface area contributed by atoms with Crippen molar-refractivity contribution >= 4 is 0 Å². The molecule has 1 fully saturated rings. The quantitative estimate of drug-likeness (QED) is 0.650. The van der Waals surface area contributed by atoms with Crippen LogP contribution in [-0.2, 0) is 9.47 Å². The van der Waals surface area contributed by atoms with Gasteiger partial charge in [-0.3, -0.25) is 4.90 Å². The molecule has 4 nitrogen and oxygen atoms in total. The van der Waals surface area contributed by atoms with Crippen molar-refractivity contribution in [2.75, 3.05) is 46.6 Å². The summed E-state index contributed by atoms with van der Waals surface area (Å²) in [5, 5.41) is 0. The highest BCUT2D eigenvalue weighted by molar-refractivity contribution is 4.78. The fourth-order valence-electron chi connectivity index (χ4n) is 2.13. The van der Waals surface area contributed by atoms with Crippen molar-refractivity contribution in [1.29, 1.82) is 0 Å². The summed E-state index contributed by atoms with van der Waals surface area (Å²) in [7, 11) is 1.69. The second kappa shape index (κ2) is 7.17. The van der Waals surface area contributed by atoms with Crippen LogP contribution in [0.1, 0.15) is 13.3 Å². The van der Waals surface area contributed by atoms with Gasteiger partial charge in [0.15, 0.2) is 0 Å². The van der Waals surface area contributed by atoms with E-state index in [0.29, 0.717) is 25.2 Å². The monoisotopic (exact) mass is 216 g/mol. The molecule has 0 amide bonds. The Labute approximate surface area is 92.7 Å². The van der Waals surface area contributed by atoms with Crippen LogP contribution < -0.4 is 5.73 Å².